The molecule has 0 aromatic carbocycles. The summed E-state index contributed by atoms with van der Waals surface area (Å²) < 4.78 is 40.7. The van der Waals surface area contributed by atoms with Crippen LogP contribution in [0.4, 0.5) is 13.2 Å². The molecule has 3 heterocycles. The largest absolute Gasteiger partial charge is 0.403 e. The van der Waals surface area contributed by atoms with Crippen LogP contribution in [-0.4, -0.2) is 75.5 Å². The van der Waals surface area contributed by atoms with Crippen LogP contribution in [0.1, 0.15) is 30.8 Å². The molecule has 10 heteroatoms. The van der Waals surface area contributed by atoms with Crippen LogP contribution in [0.3, 0.4) is 0 Å². The van der Waals surface area contributed by atoms with Crippen LogP contribution in [0.25, 0.3) is 5.82 Å². The SMILES string of the molecule is CCNC(=NCc1ccc(-n2nc(C)cc2C)nc1)N1CCN(C(C)C(F)(F)F)CC1. The van der Waals surface area contributed by atoms with Gasteiger partial charge in [-0.15, -0.1) is 0 Å². The molecule has 3 rings (SSSR count). The molecule has 0 saturated carbocycles. The monoisotopic (exact) mass is 437 g/mol. The second kappa shape index (κ2) is 9.67. The Labute approximate surface area is 181 Å². The lowest BCUT2D eigenvalue weighted by molar-refractivity contribution is -0.181. The van der Waals surface area contributed by atoms with E-state index in [2.05, 4.69) is 20.4 Å². The highest BCUT2D eigenvalue weighted by Crippen LogP contribution is 2.25. The van der Waals surface area contributed by atoms with Gasteiger partial charge in [-0.2, -0.15) is 18.3 Å². The van der Waals surface area contributed by atoms with Gasteiger partial charge in [-0.3, -0.25) is 4.90 Å². The molecule has 0 radical (unpaired) electrons. The number of aryl methyl sites for hydroxylation is 2. The normalized spacial score (nSPS) is 17.1. The van der Waals surface area contributed by atoms with Crippen molar-refractivity contribution in [3.05, 3.63) is 41.3 Å². The standard InChI is InChI=1S/C21H30F3N7/c1-5-25-20(30-10-8-29(9-11-30)17(4)21(22,23)24)27-14-18-6-7-19(26-13-18)31-16(3)12-15(2)28-31/h6-7,12-13,17H,5,8-11,14H2,1-4H3,(H,25,27). The molecule has 1 unspecified atom stereocenters. The van der Waals surface area contributed by atoms with Gasteiger partial charge in [0.15, 0.2) is 11.8 Å². The zero-order chi connectivity index (χ0) is 22.6. The van der Waals surface area contributed by atoms with E-state index in [4.69, 9.17) is 0 Å². The molecule has 0 aliphatic carbocycles. The summed E-state index contributed by atoms with van der Waals surface area (Å²) in [5, 5.41) is 7.68. The highest BCUT2D eigenvalue weighted by Gasteiger charge is 2.41. The average Bonchev–Trinajstić information content (AvgIpc) is 3.08. The molecule has 2 aromatic heterocycles. The van der Waals surface area contributed by atoms with Crippen molar-refractivity contribution in [1.29, 1.82) is 0 Å². The van der Waals surface area contributed by atoms with Crippen LogP contribution in [0, 0.1) is 13.8 Å². The van der Waals surface area contributed by atoms with Gasteiger partial charge in [0.25, 0.3) is 0 Å². The average molecular weight is 438 g/mol. The third kappa shape index (κ3) is 5.75. The first-order chi connectivity index (χ1) is 14.7. The number of nitrogens with zero attached hydrogens (tertiary/aromatic N) is 6. The second-order valence-corrected chi connectivity index (χ2v) is 7.77. The molecule has 1 aliphatic heterocycles. The highest BCUT2D eigenvalue weighted by atomic mass is 19.4. The minimum Gasteiger partial charge on any atom is -0.357 e. The Hall–Kier alpha value is -2.62. The third-order valence-electron chi connectivity index (χ3n) is 5.42. The fourth-order valence-electron chi connectivity index (χ4n) is 3.62. The zero-order valence-electron chi connectivity index (χ0n) is 18.4. The Balaban J connectivity index is 1.63. The van der Waals surface area contributed by atoms with E-state index in [-0.39, 0.29) is 0 Å². The Bertz CT molecular complexity index is 881. The summed E-state index contributed by atoms with van der Waals surface area (Å²) in [4.78, 5) is 12.7. The summed E-state index contributed by atoms with van der Waals surface area (Å²) in [6.07, 6.45) is -2.42. The molecule has 1 fully saturated rings. The number of nitrogens with one attached hydrogen (secondary N) is 1. The molecule has 1 aliphatic rings. The molecule has 7 nitrogen and oxygen atoms in total. The molecule has 2 aromatic rings. The van der Waals surface area contributed by atoms with Crippen LogP contribution in [0.5, 0.6) is 0 Å². The smallest absolute Gasteiger partial charge is 0.357 e. The summed E-state index contributed by atoms with van der Waals surface area (Å²) in [5.74, 6) is 1.46. The van der Waals surface area contributed by atoms with Crippen LogP contribution in [-0.2, 0) is 6.54 Å². The van der Waals surface area contributed by atoms with Gasteiger partial charge in [0.05, 0.1) is 12.2 Å². The maximum atomic E-state index is 13.0. The number of hydrogen-bond acceptors (Lipinski definition) is 4. The minimum atomic E-state index is -4.20. The fourth-order valence-corrected chi connectivity index (χ4v) is 3.62. The van der Waals surface area contributed by atoms with Crippen molar-refractivity contribution < 1.29 is 13.2 Å². The number of aromatic nitrogens is 3. The van der Waals surface area contributed by atoms with Gasteiger partial charge < -0.3 is 10.2 Å². The lowest BCUT2D eigenvalue weighted by Gasteiger charge is -2.39. The lowest BCUT2D eigenvalue weighted by Crippen LogP contribution is -2.56. The number of guanidine groups is 1. The van der Waals surface area contributed by atoms with Gasteiger partial charge in [0.2, 0.25) is 0 Å². The Morgan fingerprint density at radius 3 is 2.42 bits per heavy atom. The molecule has 170 valence electrons. The van der Waals surface area contributed by atoms with Crippen LogP contribution in [0.2, 0.25) is 0 Å². The minimum absolute atomic E-state index is 0.351. The molecule has 31 heavy (non-hydrogen) atoms. The Kier molecular flexibility index (Phi) is 7.19. The van der Waals surface area contributed by atoms with Gasteiger partial charge in [-0.25, -0.2) is 14.7 Å². The van der Waals surface area contributed by atoms with Gasteiger partial charge in [0, 0.05) is 44.6 Å². The molecule has 0 spiro atoms. The lowest BCUT2D eigenvalue weighted by atomic mass is 10.2. The zero-order valence-corrected chi connectivity index (χ0v) is 18.4. The maximum Gasteiger partial charge on any atom is 0.403 e. The van der Waals surface area contributed by atoms with E-state index >= 15 is 0 Å². The quantitative estimate of drug-likeness (QED) is 0.576. The molecule has 1 saturated heterocycles. The van der Waals surface area contributed by atoms with Crippen molar-refractivity contribution in [3.63, 3.8) is 0 Å². The molecule has 0 bridgehead atoms. The van der Waals surface area contributed by atoms with Crippen LogP contribution in [0.15, 0.2) is 29.4 Å². The Morgan fingerprint density at radius 2 is 1.90 bits per heavy atom. The highest BCUT2D eigenvalue weighted by molar-refractivity contribution is 5.80. The topological polar surface area (TPSA) is 61.6 Å². The van der Waals surface area contributed by atoms with E-state index in [1.165, 1.54) is 11.8 Å². The van der Waals surface area contributed by atoms with Gasteiger partial charge in [0.1, 0.15) is 6.04 Å². The van der Waals surface area contributed by atoms with Crippen LogP contribution >= 0.6 is 0 Å². The number of aliphatic imine (C=N–C) groups is 1. The first kappa shape index (κ1) is 23.1. The molecule has 1 atom stereocenters. The van der Waals surface area contributed by atoms with E-state index < -0.39 is 12.2 Å². The van der Waals surface area contributed by atoms with Gasteiger partial charge in [-0.05, 0) is 45.4 Å². The summed E-state index contributed by atoms with van der Waals surface area (Å²) >= 11 is 0. The third-order valence-corrected chi connectivity index (χ3v) is 5.42. The Morgan fingerprint density at radius 1 is 1.19 bits per heavy atom. The molecule has 1 N–H and O–H groups in total. The summed E-state index contributed by atoms with van der Waals surface area (Å²) in [6.45, 7) is 9.95. The van der Waals surface area contributed by atoms with Gasteiger partial charge >= 0.3 is 6.18 Å². The number of piperazine rings is 1. The summed E-state index contributed by atoms with van der Waals surface area (Å²) in [5.41, 5.74) is 2.90. The molecule has 0 amide bonds. The number of rotatable bonds is 5. The van der Waals surface area contributed by atoms with Crippen molar-refractivity contribution in [2.24, 2.45) is 4.99 Å². The van der Waals surface area contributed by atoms with E-state index in [0.717, 1.165) is 22.8 Å². The van der Waals surface area contributed by atoms with E-state index in [0.29, 0.717) is 45.2 Å². The number of hydrogen-bond donors (Lipinski definition) is 1. The summed E-state index contributed by atoms with van der Waals surface area (Å²) in [6, 6.07) is 4.45. The predicted octanol–water partition coefficient (Wildman–Crippen LogP) is 2.92. The maximum absolute atomic E-state index is 13.0. The van der Waals surface area contributed by atoms with Crippen molar-refractivity contribution in [1.82, 2.24) is 29.9 Å². The van der Waals surface area contributed by atoms with Crippen molar-refractivity contribution in [2.75, 3.05) is 32.7 Å². The van der Waals surface area contributed by atoms with Crippen molar-refractivity contribution in [3.8, 4) is 5.82 Å². The number of halogens is 3. The molecular weight excluding hydrogens is 407 g/mol. The fraction of sp³-hybridized carbons (Fsp3) is 0.571. The van der Waals surface area contributed by atoms with E-state index in [1.807, 2.05) is 43.9 Å². The number of pyridine rings is 1. The number of alkyl halides is 3. The van der Waals surface area contributed by atoms with Crippen molar-refractivity contribution in [2.45, 2.75) is 46.5 Å². The first-order valence-corrected chi connectivity index (χ1v) is 10.5. The predicted molar refractivity (Wildman–Crippen MR) is 114 cm³/mol. The van der Waals surface area contributed by atoms with Gasteiger partial charge in [-0.1, -0.05) is 6.07 Å². The van der Waals surface area contributed by atoms with Crippen molar-refractivity contribution >= 4 is 5.96 Å². The second-order valence-electron chi connectivity index (χ2n) is 7.77. The first-order valence-electron chi connectivity index (χ1n) is 10.5. The van der Waals surface area contributed by atoms with E-state index in [9.17, 15) is 13.2 Å². The van der Waals surface area contributed by atoms with Crippen LogP contribution < -0.4 is 5.32 Å². The van der Waals surface area contributed by atoms with E-state index in [1.54, 1.807) is 10.9 Å². The molecular formula is C21H30F3N7. The summed E-state index contributed by atoms with van der Waals surface area (Å²) in [7, 11) is 0.